The Bertz CT molecular complexity index is 1560. The van der Waals surface area contributed by atoms with Crippen molar-refractivity contribution in [2.75, 3.05) is 70.7 Å². The molecule has 0 aliphatic carbocycles. The van der Waals surface area contributed by atoms with Gasteiger partial charge in [-0.2, -0.15) is 0 Å². The molecule has 1 N–H and O–H groups in total. The Balaban J connectivity index is 0.00000462. The van der Waals surface area contributed by atoms with Gasteiger partial charge in [-0.1, -0.05) is 25.6 Å². The second-order valence-corrected chi connectivity index (χ2v) is 9.96. The van der Waals surface area contributed by atoms with Gasteiger partial charge in [-0.15, -0.1) is 0 Å². The fourth-order valence-electron chi connectivity index (χ4n) is 4.45. The minimum atomic E-state index is -0.569. The average molecular weight is 563 g/mol. The molecule has 0 radical (unpaired) electrons. The van der Waals surface area contributed by atoms with Gasteiger partial charge < -0.3 is 24.9 Å². The zero-order valence-corrected chi connectivity index (χ0v) is 23.8. The Hall–Kier alpha value is -4.71. The van der Waals surface area contributed by atoms with E-state index in [9.17, 15) is 14.9 Å². The zero-order chi connectivity index (χ0) is 29.1. The molecule has 12 heteroatoms. The molecule has 218 valence electrons. The molecule has 0 aliphatic rings. The molecule has 0 amide bonds. The number of fused-ring (bicyclic) bond motifs is 1. The number of ether oxygens (including phenoxy) is 1. The van der Waals surface area contributed by atoms with Gasteiger partial charge in [-0.3, -0.25) is 14.8 Å². The van der Waals surface area contributed by atoms with Crippen molar-refractivity contribution in [1.82, 2.24) is 19.5 Å². The number of carbonyl (C=O) groups is 1. The second kappa shape index (κ2) is 12.6. The number of aryl methyl sites for hydroxylation is 1. The summed E-state index contributed by atoms with van der Waals surface area (Å²) < 4.78 is 6.97. The lowest BCUT2D eigenvalue weighted by molar-refractivity contribution is -0.384. The number of esters is 1. The number of carbonyl (C=O) groups excluding carboxylic acids is 1. The van der Waals surface area contributed by atoms with E-state index in [1.165, 1.54) is 19.4 Å². The van der Waals surface area contributed by atoms with Gasteiger partial charge in [0.05, 0.1) is 28.9 Å². The molecule has 41 heavy (non-hydrogen) atoms. The van der Waals surface area contributed by atoms with Crippen molar-refractivity contribution in [1.29, 1.82) is 0 Å². The number of anilines is 3. The third-order valence-corrected chi connectivity index (χ3v) is 6.63. The summed E-state index contributed by atoms with van der Waals surface area (Å²) in [7, 11) is 10.9. The van der Waals surface area contributed by atoms with Gasteiger partial charge in [-0.25, -0.2) is 14.8 Å². The summed E-state index contributed by atoms with van der Waals surface area (Å²) in [5, 5.41) is 18.0. The second-order valence-electron chi connectivity index (χ2n) is 9.96. The molecule has 4 rings (SSSR count). The van der Waals surface area contributed by atoms with Crippen molar-refractivity contribution < 1.29 is 14.5 Å². The van der Waals surface area contributed by atoms with Gasteiger partial charge in [0.2, 0.25) is 5.95 Å². The molecule has 4 aromatic rings. The number of rotatable bonds is 10. The van der Waals surface area contributed by atoms with Gasteiger partial charge in [0.15, 0.2) is 0 Å². The van der Waals surface area contributed by atoms with Crippen LogP contribution in [-0.2, 0) is 4.74 Å². The number of nitrogens with one attached hydrogen (secondary N) is 1. The van der Waals surface area contributed by atoms with Crippen molar-refractivity contribution in [3.05, 3.63) is 70.0 Å². The number of likely N-dealkylation sites (N-methyl/N-ethyl adjacent to an activating group) is 2. The van der Waals surface area contributed by atoms with Gasteiger partial charge in [0.25, 0.3) is 5.69 Å². The van der Waals surface area contributed by atoms with E-state index in [-0.39, 0.29) is 24.6 Å². The summed E-state index contributed by atoms with van der Waals surface area (Å²) in [4.78, 5) is 37.3. The summed E-state index contributed by atoms with van der Waals surface area (Å²) in [6, 6.07) is 11.1. The highest BCUT2D eigenvalue weighted by atomic mass is 16.6. The van der Waals surface area contributed by atoms with Crippen LogP contribution >= 0.6 is 0 Å². The number of benzene rings is 2. The van der Waals surface area contributed by atoms with Crippen LogP contribution in [0.25, 0.3) is 22.2 Å². The largest absolute Gasteiger partial charge is 0.465 e. The minimum absolute atomic E-state index is 0. The number of nitro benzene ring substituents is 1. The number of hydrogen-bond acceptors (Lipinski definition) is 10. The van der Waals surface area contributed by atoms with Crippen LogP contribution in [0.2, 0.25) is 0 Å². The normalized spacial score (nSPS) is 10.8. The van der Waals surface area contributed by atoms with Gasteiger partial charge in [0.1, 0.15) is 11.3 Å². The van der Waals surface area contributed by atoms with E-state index in [4.69, 9.17) is 9.72 Å². The summed E-state index contributed by atoms with van der Waals surface area (Å²) in [5.74, 6) is -0.379. The predicted octanol–water partition coefficient (Wildman–Crippen LogP) is 4.68. The fraction of sp³-hybridized carbons (Fsp3) is 0.345. The molecule has 2 heterocycles. The monoisotopic (exact) mass is 562 g/mol. The van der Waals surface area contributed by atoms with E-state index in [1.807, 2.05) is 92.1 Å². The minimum Gasteiger partial charge on any atom is -0.465 e. The Morgan fingerprint density at radius 3 is 2.46 bits per heavy atom. The molecular weight excluding hydrogens is 524 g/mol. The topological polar surface area (TPSA) is 122 Å². The highest BCUT2D eigenvalue weighted by molar-refractivity contribution is 6.03. The van der Waals surface area contributed by atoms with Crippen molar-refractivity contribution in [3.63, 3.8) is 0 Å². The van der Waals surface area contributed by atoms with Gasteiger partial charge >= 0.3 is 5.97 Å². The summed E-state index contributed by atoms with van der Waals surface area (Å²) in [6.45, 7) is 3.24. The Kier molecular flexibility index (Phi) is 9.51. The first kappa shape index (κ1) is 30.8. The number of para-hydroxylation sites is 1. The van der Waals surface area contributed by atoms with Crippen LogP contribution in [0.1, 0.15) is 23.3 Å². The van der Waals surface area contributed by atoms with Crippen LogP contribution in [0.3, 0.4) is 0 Å². The first-order valence-electron chi connectivity index (χ1n) is 12.7. The maximum absolute atomic E-state index is 12.7. The summed E-state index contributed by atoms with van der Waals surface area (Å²) >= 11 is 0. The van der Waals surface area contributed by atoms with Gasteiger partial charge in [-0.05, 0) is 38.7 Å². The highest BCUT2D eigenvalue weighted by Crippen LogP contribution is 2.36. The lowest BCUT2D eigenvalue weighted by Crippen LogP contribution is -2.29. The standard InChI is InChI=1S/C28H34N8O4.CH4/c1-18-14-24(34(6)13-12-32(2)3)25(36(38)39)15-22(18)30-28-29-16-20(27(37)40-7)26(31-28)21-17-35(33(4)5)23-11-9-8-10-19(21)23;/h8-11,14-17H,12-13H2,1-7H3,(H,29,30,31);1H4. The smallest absolute Gasteiger partial charge is 0.341 e. The quantitative estimate of drug-likeness (QED) is 0.166. The molecule has 2 aromatic heterocycles. The molecule has 0 atom stereocenters. The first-order valence-corrected chi connectivity index (χ1v) is 12.7. The van der Waals surface area contributed by atoms with Crippen molar-refractivity contribution in [2.24, 2.45) is 0 Å². The summed E-state index contributed by atoms with van der Waals surface area (Å²) in [6.07, 6.45) is 3.31. The maximum atomic E-state index is 12.7. The van der Waals surface area contributed by atoms with Gasteiger partial charge in [0, 0.05) is 63.6 Å². The summed E-state index contributed by atoms with van der Waals surface area (Å²) in [5.41, 5.74) is 4.00. The highest BCUT2D eigenvalue weighted by Gasteiger charge is 2.23. The molecule has 0 aliphatic heterocycles. The van der Waals surface area contributed by atoms with Crippen LogP contribution in [-0.4, -0.2) is 85.9 Å². The number of nitro groups is 1. The van der Waals surface area contributed by atoms with E-state index in [2.05, 4.69) is 10.3 Å². The maximum Gasteiger partial charge on any atom is 0.341 e. The molecule has 0 saturated heterocycles. The lowest BCUT2D eigenvalue weighted by atomic mass is 10.1. The molecule has 0 fully saturated rings. The number of aromatic nitrogens is 3. The third kappa shape index (κ3) is 6.38. The average Bonchev–Trinajstić information content (AvgIpc) is 3.32. The van der Waals surface area contributed by atoms with Crippen LogP contribution in [0.15, 0.2) is 48.8 Å². The fourth-order valence-corrected chi connectivity index (χ4v) is 4.45. The molecule has 0 saturated carbocycles. The number of methoxy groups -OCH3 is 1. The number of hydrogen-bond donors (Lipinski definition) is 1. The van der Waals surface area contributed by atoms with Crippen molar-refractivity contribution in [2.45, 2.75) is 14.4 Å². The van der Waals surface area contributed by atoms with Crippen molar-refractivity contribution >= 4 is 39.9 Å². The van der Waals surface area contributed by atoms with E-state index in [0.29, 0.717) is 23.6 Å². The van der Waals surface area contributed by atoms with Crippen LogP contribution in [0, 0.1) is 17.0 Å². The Morgan fingerprint density at radius 1 is 1.12 bits per heavy atom. The van der Waals surface area contributed by atoms with Crippen LogP contribution in [0.5, 0.6) is 0 Å². The molecule has 2 aromatic carbocycles. The van der Waals surface area contributed by atoms with E-state index >= 15 is 0 Å². The Morgan fingerprint density at radius 2 is 1.83 bits per heavy atom. The molecule has 0 unspecified atom stereocenters. The predicted molar refractivity (Wildman–Crippen MR) is 164 cm³/mol. The van der Waals surface area contributed by atoms with Crippen LogP contribution < -0.4 is 15.2 Å². The zero-order valence-electron chi connectivity index (χ0n) is 23.8. The van der Waals surface area contributed by atoms with E-state index in [0.717, 1.165) is 28.6 Å². The Labute approximate surface area is 240 Å². The van der Waals surface area contributed by atoms with Crippen LogP contribution in [0.4, 0.5) is 23.0 Å². The first-order chi connectivity index (χ1) is 19.0. The third-order valence-electron chi connectivity index (χ3n) is 6.63. The lowest BCUT2D eigenvalue weighted by Gasteiger charge is -2.22. The number of nitrogens with zero attached hydrogens (tertiary/aromatic N) is 7. The van der Waals surface area contributed by atoms with E-state index < -0.39 is 10.9 Å². The molecule has 0 spiro atoms. The SMILES string of the molecule is C.COC(=O)c1cnc(Nc2cc([N+](=O)[O-])c(N(C)CCN(C)C)cc2C)nc1-c1cn(N(C)C)c2ccccc12. The van der Waals surface area contributed by atoms with Crippen molar-refractivity contribution in [3.8, 4) is 11.3 Å². The molecule has 12 nitrogen and oxygen atoms in total. The molecular formula is C29H38N8O4. The van der Waals surface area contributed by atoms with E-state index in [1.54, 1.807) is 6.07 Å². The molecule has 0 bridgehead atoms.